The highest BCUT2D eigenvalue weighted by Gasteiger charge is 2.43. The molecule has 2 aliphatic rings. The van der Waals surface area contributed by atoms with Crippen LogP contribution in [-0.4, -0.2) is 58.0 Å². The molecule has 4 N–H and O–H groups in total. The van der Waals surface area contributed by atoms with E-state index in [1.165, 1.54) is 18.7 Å². The number of aromatic nitrogens is 2. The van der Waals surface area contributed by atoms with E-state index >= 15 is 0 Å². The lowest BCUT2D eigenvalue weighted by Gasteiger charge is -2.42. The van der Waals surface area contributed by atoms with E-state index in [9.17, 15) is 15.0 Å². The van der Waals surface area contributed by atoms with E-state index < -0.39 is 24.5 Å². The molecule has 0 radical (unpaired) electrons. The highest BCUT2D eigenvalue weighted by atomic mass is 16.5. The van der Waals surface area contributed by atoms with Gasteiger partial charge in [0.15, 0.2) is 12.0 Å². The first-order valence-corrected chi connectivity index (χ1v) is 6.18. The second kappa shape index (κ2) is 4.62. The van der Waals surface area contributed by atoms with Crippen molar-refractivity contribution < 1.29 is 19.7 Å². The van der Waals surface area contributed by atoms with Gasteiger partial charge in [-0.05, 0) is 0 Å². The maximum atomic E-state index is 12.2. The van der Waals surface area contributed by atoms with Crippen LogP contribution in [0, 0.1) is 0 Å². The molecule has 110 valence electrons. The third kappa shape index (κ3) is 1.82. The van der Waals surface area contributed by atoms with Crippen LogP contribution in [0.15, 0.2) is 4.79 Å². The SMILES string of the molecule is COc1nc2c(c(=O)n1C)N[C@@H]1[C@H](O)[C@@H](O)CO[C@@H]1N2. The zero-order valence-corrected chi connectivity index (χ0v) is 11.0. The quantitative estimate of drug-likeness (QED) is 0.471. The smallest absolute Gasteiger partial charge is 0.300 e. The molecular weight excluding hydrogens is 268 g/mol. The molecule has 9 heteroatoms. The molecule has 20 heavy (non-hydrogen) atoms. The average molecular weight is 284 g/mol. The van der Waals surface area contributed by atoms with Gasteiger partial charge in [0.1, 0.15) is 17.9 Å². The minimum atomic E-state index is -1.04. The molecule has 9 nitrogen and oxygen atoms in total. The van der Waals surface area contributed by atoms with Crippen molar-refractivity contribution in [3.8, 4) is 6.01 Å². The van der Waals surface area contributed by atoms with Gasteiger partial charge in [-0.15, -0.1) is 0 Å². The van der Waals surface area contributed by atoms with Gasteiger partial charge in [0.25, 0.3) is 5.56 Å². The van der Waals surface area contributed by atoms with Gasteiger partial charge < -0.3 is 30.3 Å². The number of hydrogen-bond acceptors (Lipinski definition) is 8. The number of rotatable bonds is 1. The van der Waals surface area contributed by atoms with E-state index in [1.54, 1.807) is 0 Å². The van der Waals surface area contributed by atoms with E-state index in [0.717, 1.165) is 0 Å². The van der Waals surface area contributed by atoms with E-state index in [1.807, 2.05) is 0 Å². The lowest BCUT2D eigenvalue weighted by atomic mass is 9.99. The minimum absolute atomic E-state index is 0.00826. The van der Waals surface area contributed by atoms with Gasteiger partial charge in [0.05, 0.1) is 19.8 Å². The standard InChI is InChI=1S/C11H16N4O5/c1-15-10(18)6-8(14-11(15)19-2)13-9-5(12-6)7(17)4(16)3-20-9/h4-5,7,9,12-13,16-17H,3H2,1-2H3/t4-,5+,7+,9-/m0/s1. The molecule has 0 bridgehead atoms. The zero-order valence-electron chi connectivity index (χ0n) is 11.0. The molecule has 1 aromatic heterocycles. The summed E-state index contributed by atoms with van der Waals surface area (Å²) in [4.78, 5) is 16.4. The minimum Gasteiger partial charge on any atom is -0.468 e. The number of nitrogens with zero attached hydrogens (tertiary/aromatic N) is 2. The van der Waals surface area contributed by atoms with Crippen LogP contribution < -0.4 is 20.9 Å². The van der Waals surface area contributed by atoms with Crippen molar-refractivity contribution in [2.75, 3.05) is 24.4 Å². The van der Waals surface area contributed by atoms with E-state index in [2.05, 4.69) is 15.6 Å². The van der Waals surface area contributed by atoms with Crippen LogP contribution in [-0.2, 0) is 11.8 Å². The average Bonchev–Trinajstić information content (AvgIpc) is 2.46. The van der Waals surface area contributed by atoms with Gasteiger partial charge in [0.2, 0.25) is 0 Å². The Balaban J connectivity index is 2.03. The summed E-state index contributed by atoms with van der Waals surface area (Å²) in [7, 11) is 2.95. The molecule has 3 heterocycles. The molecule has 2 aliphatic heterocycles. The summed E-state index contributed by atoms with van der Waals surface area (Å²) in [5.74, 6) is 0.301. The Morgan fingerprint density at radius 3 is 2.90 bits per heavy atom. The maximum absolute atomic E-state index is 12.2. The monoisotopic (exact) mass is 284 g/mol. The summed E-state index contributed by atoms with van der Waals surface area (Å²) in [6, 6.07) is -0.466. The van der Waals surface area contributed by atoms with Crippen LogP contribution in [0.1, 0.15) is 0 Å². The number of aliphatic hydroxyl groups excluding tert-OH is 2. The van der Waals surface area contributed by atoms with Crippen molar-refractivity contribution >= 4 is 11.5 Å². The summed E-state index contributed by atoms with van der Waals surface area (Å²) in [5, 5.41) is 25.4. The molecule has 0 spiro atoms. The van der Waals surface area contributed by atoms with Gasteiger partial charge in [-0.1, -0.05) is 0 Å². The van der Waals surface area contributed by atoms with Crippen molar-refractivity contribution in [3.63, 3.8) is 0 Å². The lowest BCUT2D eigenvalue weighted by Crippen LogP contribution is -2.61. The molecule has 1 aromatic rings. The molecule has 1 saturated heterocycles. The third-order valence-electron chi connectivity index (χ3n) is 3.56. The van der Waals surface area contributed by atoms with Crippen LogP contribution in [0.4, 0.5) is 11.5 Å². The molecule has 0 amide bonds. The summed E-state index contributed by atoms with van der Waals surface area (Å²) in [5.41, 5.74) is -0.128. The van der Waals surface area contributed by atoms with Crippen molar-refractivity contribution in [2.45, 2.75) is 24.5 Å². The fourth-order valence-electron chi connectivity index (χ4n) is 2.42. The van der Waals surface area contributed by atoms with Crippen LogP contribution >= 0.6 is 0 Å². The first-order chi connectivity index (χ1) is 9.52. The predicted octanol–water partition coefficient (Wildman–Crippen LogP) is -1.93. The van der Waals surface area contributed by atoms with Crippen LogP contribution in [0.25, 0.3) is 0 Å². The Labute approximate surface area is 114 Å². The van der Waals surface area contributed by atoms with E-state index in [0.29, 0.717) is 5.82 Å². The molecule has 1 fully saturated rings. The van der Waals surface area contributed by atoms with Crippen LogP contribution in [0.5, 0.6) is 6.01 Å². The van der Waals surface area contributed by atoms with Gasteiger partial charge in [0, 0.05) is 7.05 Å². The lowest BCUT2D eigenvalue weighted by molar-refractivity contribution is -0.121. The zero-order chi connectivity index (χ0) is 14.4. The molecule has 3 rings (SSSR count). The van der Waals surface area contributed by atoms with Crippen LogP contribution in [0.3, 0.4) is 0 Å². The normalized spacial score (nSPS) is 31.6. The van der Waals surface area contributed by atoms with Crippen LogP contribution in [0.2, 0.25) is 0 Å². The number of aliphatic hydroxyl groups is 2. The first-order valence-electron chi connectivity index (χ1n) is 6.18. The van der Waals surface area contributed by atoms with E-state index in [-0.39, 0.29) is 23.9 Å². The number of fused-ring (bicyclic) bond motifs is 2. The fourth-order valence-corrected chi connectivity index (χ4v) is 2.42. The second-order valence-electron chi connectivity index (χ2n) is 4.81. The van der Waals surface area contributed by atoms with Gasteiger partial charge >= 0.3 is 6.01 Å². The predicted molar refractivity (Wildman–Crippen MR) is 68.8 cm³/mol. The van der Waals surface area contributed by atoms with Gasteiger partial charge in [-0.2, -0.15) is 4.98 Å². The Morgan fingerprint density at radius 2 is 2.20 bits per heavy atom. The molecule has 4 atom stereocenters. The van der Waals surface area contributed by atoms with Gasteiger partial charge in [-0.3, -0.25) is 9.36 Å². The third-order valence-corrected chi connectivity index (χ3v) is 3.56. The Morgan fingerprint density at radius 1 is 1.45 bits per heavy atom. The molecule has 0 aliphatic carbocycles. The number of methoxy groups -OCH3 is 1. The fraction of sp³-hybridized carbons (Fsp3) is 0.636. The number of ether oxygens (including phenoxy) is 2. The largest absolute Gasteiger partial charge is 0.468 e. The van der Waals surface area contributed by atoms with Crippen molar-refractivity contribution in [3.05, 3.63) is 10.4 Å². The van der Waals surface area contributed by atoms with Gasteiger partial charge in [-0.25, -0.2) is 0 Å². The number of hydrogen-bond donors (Lipinski definition) is 4. The number of nitrogens with one attached hydrogen (secondary N) is 2. The molecular formula is C11H16N4O5. The summed E-state index contributed by atoms with van der Waals surface area (Å²) in [6.45, 7) is 0.00826. The molecule has 0 aromatic carbocycles. The molecule has 0 saturated carbocycles. The topological polar surface area (TPSA) is 118 Å². The Hall–Kier alpha value is -1.84. The maximum Gasteiger partial charge on any atom is 0.300 e. The summed E-state index contributed by atoms with van der Waals surface area (Å²) < 4.78 is 11.7. The van der Waals surface area contributed by atoms with Crippen molar-refractivity contribution in [2.24, 2.45) is 7.05 Å². The Bertz CT molecular complexity index is 589. The van der Waals surface area contributed by atoms with Crippen molar-refractivity contribution in [1.29, 1.82) is 0 Å². The first kappa shape index (κ1) is 13.2. The summed E-state index contributed by atoms with van der Waals surface area (Å²) in [6.07, 6.45) is -2.62. The highest BCUT2D eigenvalue weighted by Crippen LogP contribution is 2.29. The Kier molecular flexibility index (Phi) is 3.04. The van der Waals surface area contributed by atoms with Crippen molar-refractivity contribution in [1.82, 2.24) is 9.55 Å². The van der Waals surface area contributed by atoms with E-state index in [4.69, 9.17) is 9.47 Å². The molecule has 0 unspecified atom stereocenters. The number of anilines is 2. The second-order valence-corrected chi connectivity index (χ2v) is 4.81. The summed E-state index contributed by atoms with van der Waals surface area (Å²) >= 11 is 0. The highest BCUT2D eigenvalue weighted by molar-refractivity contribution is 5.67.